The van der Waals surface area contributed by atoms with Gasteiger partial charge in [0.25, 0.3) is 0 Å². The monoisotopic (exact) mass is 192 g/mol. The normalized spacial score (nSPS) is 17.4. The van der Waals surface area contributed by atoms with Gasteiger partial charge in [-0.25, -0.2) is 0 Å². The fourth-order valence-corrected chi connectivity index (χ4v) is 1.45. The molecule has 0 aliphatic heterocycles. The third kappa shape index (κ3) is 3.21. The Labute approximate surface area is 84.6 Å². The lowest BCUT2D eigenvalue weighted by molar-refractivity contribution is -0.141. The molecule has 14 heavy (non-hydrogen) atoms. The molecule has 0 heterocycles. The molecule has 0 fully saturated rings. The maximum Gasteiger partial charge on any atom is 0.306 e. The first kappa shape index (κ1) is 10.8. The minimum atomic E-state index is -0.699. The van der Waals surface area contributed by atoms with E-state index in [9.17, 15) is 4.79 Å². The maximum atomic E-state index is 10.8. The smallest absolute Gasteiger partial charge is 0.306 e. The summed E-state index contributed by atoms with van der Waals surface area (Å²) in [6.45, 7) is 1.91. The molecule has 2 heteroatoms. The van der Waals surface area contributed by atoms with Gasteiger partial charge in [0.05, 0.1) is 5.92 Å². The van der Waals surface area contributed by atoms with E-state index in [1.54, 1.807) is 0 Å². The number of allylic oxidation sites excluding steroid dienone is 6. The number of aliphatic carboxylic acids is 1. The van der Waals surface area contributed by atoms with Crippen molar-refractivity contribution >= 4 is 5.97 Å². The van der Waals surface area contributed by atoms with Crippen LogP contribution in [-0.4, -0.2) is 11.1 Å². The van der Waals surface area contributed by atoms with Crippen LogP contribution in [0.5, 0.6) is 0 Å². The Morgan fingerprint density at radius 2 is 2.36 bits per heavy atom. The van der Waals surface area contributed by atoms with E-state index in [1.807, 2.05) is 25.2 Å². The van der Waals surface area contributed by atoms with Crippen LogP contribution in [0.4, 0.5) is 0 Å². The van der Waals surface area contributed by atoms with E-state index in [1.165, 1.54) is 0 Å². The fourth-order valence-electron chi connectivity index (χ4n) is 1.45. The summed E-state index contributed by atoms with van der Waals surface area (Å²) in [6.07, 6.45) is 12.4. The van der Waals surface area contributed by atoms with Gasteiger partial charge in [-0.1, -0.05) is 37.3 Å². The van der Waals surface area contributed by atoms with Crippen molar-refractivity contribution in [1.29, 1.82) is 0 Å². The maximum absolute atomic E-state index is 10.8. The third-order valence-corrected chi connectivity index (χ3v) is 2.37. The van der Waals surface area contributed by atoms with Gasteiger partial charge in [0.2, 0.25) is 0 Å². The molecule has 0 bridgehead atoms. The Morgan fingerprint density at radius 3 is 3.00 bits per heavy atom. The minimum Gasteiger partial charge on any atom is -0.481 e. The molecule has 0 aromatic heterocycles. The first-order valence-corrected chi connectivity index (χ1v) is 4.99. The van der Waals surface area contributed by atoms with Gasteiger partial charge in [-0.05, 0) is 24.8 Å². The molecule has 0 saturated carbocycles. The van der Waals surface area contributed by atoms with Gasteiger partial charge in [-0.3, -0.25) is 4.79 Å². The van der Waals surface area contributed by atoms with Crippen LogP contribution in [0, 0.1) is 5.92 Å². The van der Waals surface area contributed by atoms with Crippen LogP contribution in [-0.2, 0) is 4.79 Å². The van der Waals surface area contributed by atoms with E-state index in [0.717, 1.165) is 12.0 Å². The van der Waals surface area contributed by atoms with E-state index >= 15 is 0 Å². The van der Waals surface area contributed by atoms with Crippen molar-refractivity contribution in [3.05, 3.63) is 36.0 Å². The molecule has 0 amide bonds. The number of rotatable bonds is 4. The molecule has 0 aromatic carbocycles. The molecule has 1 N–H and O–H groups in total. The number of carboxylic acid groups (broad SMARTS) is 1. The topological polar surface area (TPSA) is 37.3 Å². The molecule has 1 unspecified atom stereocenters. The van der Waals surface area contributed by atoms with Gasteiger partial charge in [0, 0.05) is 0 Å². The highest BCUT2D eigenvalue weighted by molar-refractivity contribution is 5.70. The fraction of sp³-hybridized carbons (Fsp3) is 0.417. The molecule has 0 saturated heterocycles. The van der Waals surface area contributed by atoms with Crippen molar-refractivity contribution in [1.82, 2.24) is 0 Å². The SMILES string of the molecule is CCC(CC1=CC=CCC=C1)C(=O)O. The summed E-state index contributed by atoms with van der Waals surface area (Å²) in [7, 11) is 0. The van der Waals surface area contributed by atoms with Gasteiger partial charge in [0.15, 0.2) is 0 Å². The molecule has 0 aromatic rings. The Kier molecular flexibility index (Phi) is 4.17. The van der Waals surface area contributed by atoms with Crippen LogP contribution < -0.4 is 0 Å². The van der Waals surface area contributed by atoms with Gasteiger partial charge in [0.1, 0.15) is 0 Å². The standard InChI is InChI=1S/C12H16O2/c1-2-11(12(13)14)9-10-7-5-3-4-6-8-10/h3,5-8,11H,2,4,9H2,1H3,(H,13,14). The highest BCUT2D eigenvalue weighted by Crippen LogP contribution is 2.18. The molecule has 1 atom stereocenters. The van der Waals surface area contributed by atoms with E-state index in [0.29, 0.717) is 12.8 Å². The second-order valence-electron chi connectivity index (χ2n) is 3.46. The zero-order valence-electron chi connectivity index (χ0n) is 8.44. The predicted molar refractivity (Wildman–Crippen MR) is 57.0 cm³/mol. The van der Waals surface area contributed by atoms with E-state index < -0.39 is 5.97 Å². The van der Waals surface area contributed by atoms with Crippen LogP contribution in [0.25, 0.3) is 0 Å². The van der Waals surface area contributed by atoms with Gasteiger partial charge in [-0.15, -0.1) is 0 Å². The Morgan fingerprint density at radius 1 is 1.57 bits per heavy atom. The van der Waals surface area contributed by atoms with Crippen LogP contribution in [0.3, 0.4) is 0 Å². The highest BCUT2D eigenvalue weighted by atomic mass is 16.4. The number of hydrogen-bond acceptors (Lipinski definition) is 1. The predicted octanol–water partition coefficient (Wildman–Crippen LogP) is 2.93. The van der Waals surface area contributed by atoms with Crippen molar-refractivity contribution in [3.8, 4) is 0 Å². The quantitative estimate of drug-likeness (QED) is 0.743. The molecule has 1 aliphatic carbocycles. The van der Waals surface area contributed by atoms with E-state index in [-0.39, 0.29) is 5.92 Å². The molecule has 0 spiro atoms. The zero-order valence-corrected chi connectivity index (χ0v) is 8.44. The average Bonchev–Trinajstić information content (AvgIpc) is 2.41. The van der Waals surface area contributed by atoms with Crippen molar-refractivity contribution < 1.29 is 9.90 Å². The molecule has 76 valence electrons. The molecule has 1 aliphatic rings. The average molecular weight is 192 g/mol. The Hall–Kier alpha value is -1.31. The first-order chi connectivity index (χ1) is 6.74. The van der Waals surface area contributed by atoms with Crippen molar-refractivity contribution in [2.45, 2.75) is 26.2 Å². The van der Waals surface area contributed by atoms with Crippen LogP contribution in [0.15, 0.2) is 36.0 Å². The molecular weight excluding hydrogens is 176 g/mol. The third-order valence-electron chi connectivity index (χ3n) is 2.37. The zero-order chi connectivity index (χ0) is 10.4. The number of carbonyl (C=O) groups is 1. The lowest BCUT2D eigenvalue weighted by atomic mass is 9.96. The van der Waals surface area contributed by atoms with E-state index in [4.69, 9.17) is 5.11 Å². The summed E-state index contributed by atoms with van der Waals surface area (Å²) in [5.41, 5.74) is 1.10. The number of hydrogen-bond donors (Lipinski definition) is 1. The van der Waals surface area contributed by atoms with Crippen LogP contribution >= 0.6 is 0 Å². The second-order valence-corrected chi connectivity index (χ2v) is 3.46. The van der Waals surface area contributed by atoms with Crippen LogP contribution in [0.2, 0.25) is 0 Å². The van der Waals surface area contributed by atoms with E-state index in [2.05, 4.69) is 12.2 Å². The Balaban J connectivity index is 2.61. The molecule has 1 rings (SSSR count). The largest absolute Gasteiger partial charge is 0.481 e. The minimum absolute atomic E-state index is 0.252. The van der Waals surface area contributed by atoms with Gasteiger partial charge < -0.3 is 5.11 Å². The summed E-state index contributed by atoms with van der Waals surface area (Å²) in [5, 5.41) is 8.90. The van der Waals surface area contributed by atoms with Gasteiger partial charge in [-0.2, -0.15) is 0 Å². The summed E-state index contributed by atoms with van der Waals surface area (Å²) < 4.78 is 0. The Bertz CT molecular complexity index is 285. The lowest BCUT2D eigenvalue weighted by Crippen LogP contribution is -2.12. The van der Waals surface area contributed by atoms with Crippen molar-refractivity contribution in [2.75, 3.05) is 0 Å². The van der Waals surface area contributed by atoms with Crippen molar-refractivity contribution in [3.63, 3.8) is 0 Å². The lowest BCUT2D eigenvalue weighted by Gasteiger charge is -2.09. The summed E-state index contributed by atoms with van der Waals surface area (Å²) >= 11 is 0. The first-order valence-electron chi connectivity index (χ1n) is 4.99. The van der Waals surface area contributed by atoms with Crippen molar-refractivity contribution in [2.24, 2.45) is 5.92 Å². The second kappa shape index (κ2) is 5.43. The highest BCUT2D eigenvalue weighted by Gasteiger charge is 2.15. The molecular formula is C12H16O2. The summed E-state index contributed by atoms with van der Waals surface area (Å²) in [5.74, 6) is -0.951. The van der Waals surface area contributed by atoms with Crippen LogP contribution in [0.1, 0.15) is 26.2 Å². The summed E-state index contributed by atoms with van der Waals surface area (Å²) in [4.78, 5) is 10.8. The molecule has 0 radical (unpaired) electrons. The summed E-state index contributed by atoms with van der Waals surface area (Å²) in [6, 6.07) is 0. The molecule has 2 nitrogen and oxygen atoms in total. The number of carboxylic acids is 1. The van der Waals surface area contributed by atoms with Gasteiger partial charge >= 0.3 is 5.97 Å².